The van der Waals surface area contributed by atoms with Crippen molar-refractivity contribution < 1.29 is 23.1 Å². The Morgan fingerprint density at radius 1 is 1.33 bits per heavy atom. The van der Waals surface area contributed by atoms with E-state index in [0.29, 0.717) is 0 Å². The molecule has 1 aromatic rings. The van der Waals surface area contributed by atoms with Crippen LogP contribution >= 0.6 is 0 Å². The second-order valence-electron chi connectivity index (χ2n) is 5.01. The SMILES string of the molecule is O=C(O)C1(C(F)(F)F)CCN(CC#Cc2ccccc2)C1. The van der Waals surface area contributed by atoms with Crippen LogP contribution in [0, 0.1) is 17.3 Å². The van der Waals surface area contributed by atoms with Crippen molar-refractivity contribution in [2.24, 2.45) is 5.41 Å². The molecule has 112 valence electrons. The van der Waals surface area contributed by atoms with E-state index < -0.39 is 30.5 Å². The fourth-order valence-electron chi connectivity index (χ4n) is 2.33. The number of halogens is 3. The Balaban J connectivity index is 2.03. The van der Waals surface area contributed by atoms with Gasteiger partial charge in [0.1, 0.15) is 0 Å². The van der Waals surface area contributed by atoms with Gasteiger partial charge in [-0.05, 0) is 18.6 Å². The van der Waals surface area contributed by atoms with E-state index in [0.717, 1.165) is 5.56 Å². The number of benzene rings is 1. The van der Waals surface area contributed by atoms with E-state index in [1.165, 1.54) is 4.90 Å². The van der Waals surface area contributed by atoms with Gasteiger partial charge in [-0.25, -0.2) is 0 Å². The average molecular weight is 297 g/mol. The van der Waals surface area contributed by atoms with Gasteiger partial charge < -0.3 is 5.11 Å². The molecule has 6 heteroatoms. The third-order valence-corrected chi connectivity index (χ3v) is 3.61. The second kappa shape index (κ2) is 5.78. The van der Waals surface area contributed by atoms with Crippen molar-refractivity contribution in [3.63, 3.8) is 0 Å². The number of carboxylic acid groups (broad SMARTS) is 1. The molecule has 1 atom stereocenters. The van der Waals surface area contributed by atoms with Gasteiger partial charge in [0.05, 0.1) is 6.54 Å². The normalized spacial score (nSPS) is 22.6. The lowest BCUT2D eigenvalue weighted by Crippen LogP contribution is -2.47. The first-order valence-electron chi connectivity index (χ1n) is 6.41. The first kappa shape index (κ1) is 15.4. The molecule has 1 heterocycles. The van der Waals surface area contributed by atoms with Crippen LogP contribution in [0.5, 0.6) is 0 Å². The van der Waals surface area contributed by atoms with E-state index in [4.69, 9.17) is 5.11 Å². The van der Waals surface area contributed by atoms with E-state index in [-0.39, 0.29) is 13.1 Å². The van der Waals surface area contributed by atoms with Gasteiger partial charge in [-0.1, -0.05) is 30.0 Å². The fourth-order valence-corrected chi connectivity index (χ4v) is 2.33. The van der Waals surface area contributed by atoms with Crippen molar-refractivity contribution in [2.75, 3.05) is 19.6 Å². The number of carboxylic acids is 1. The van der Waals surface area contributed by atoms with Gasteiger partial charge in [0.25, 0.3) is 0 Å². The lowest BCUT2D eigenvalue weighted by Gasteiger charge is -2.26. The number of likely N-dealkylation sites (tertiary alicyclic amines) is 1. The van der Waals surface area contributed by atoms with Gasteiger partial charge in [-0.2, -0.15) is 13.2 Å². The number of nitrogens with zero attached hydrogens (tertiary/aromatic N) is 1. The molecule has 0 amide bonds. The molecule has 1 fully saturated rings. The minimum Gasteiger partial charge on any atom is -0.481 e. The Morgan fingerprint density at radius 2 is 2.00 bits per heavy atom. The summed E-state index contributed by atoms with van der Waals surface area (Å²) in [5.41, 5.74) is -1.89. The van der Waals surface area contributed by atoms with Crippen molar-refractivity contribution >= 4 is 5.97 Å². The largest absolute Gasteiger partial charge is 0.481 e. The van der Waals surface area contributed by atoms with Crippen LogP contribution in [0.15, 0.2) is 30.3 Å². The van der Waals surface area contributed by atoms with Crippen LogP contribution in [0.25, 0.3) is 0 Å². The van der Waals surface area contributed by atoms with Gasteiger partial charge in [0.15, 0.2) is 5.41 Å². The van der Waals surface area contributed by atoms with Gasteiger partial charge in [0, 0.05) is 18.7 Å². The summed E-state index contributed by atoms with van der Waals surface area (Å²) in [7, 11) is 0. The standard InChI is InChI=1S/C15H14F3NO2/c16-15(17,18)14(13(20)21)8-10-19(11-14)9-4-7-12-5-2-1-3-6-12/h1-3,5-6H,8-11H2,(H,20,21). The molecule has 0 bridgehead atoms. The summed E-state index contributed by atoms with van der Waals surface area (Å²) in [6.45, 7) is -0.343. The van der Waals surface area contributed by atoms with E-state index >= 15 is 0 Å². The highest BCUT2D eigenvalue weighted by atomic mass is 19.4. The van der Waals surface area contributed by atoms with Crippen LogP contribution in [-0.2, 0) is 4.79 Å². The molecule has 0 aromatic heterocycles. The lowest BCUT2D eigenvalue weighted by molar-refractivity contribution is -0.227. The van der Waals surface area contributed by atoms with Crippen molar-refractivity contribution in [1.29, 1.82) is 0 Å². The van der Waals surface area contributed by atoms with Crippen LogP contribution in [-0.4, -0.2) is 41.8 Å². The molecule has 2 rings (SSSR count). The van der Waals surface area contributed by atoms with Crippen LogP contribution in [0.3, 0.4) is 0 Å². The summed E-state index contributed by atoms with van der Waals surface area (Å²) in [4.78, 5) is 12.5. The molecular weight excluding hydrogens is 283 g/mol. The van der Waals surface area contributed by atoms with Gasteiger partial charge in [-0.15, -0.1) is 0 Å². The number of hydrogen-bond acceptors (Lipinski definition) is 2. The maximum absolute atomic E-state index is 13.0. The Bertz CT molecular complexity index is 574. The van der Waals surface area contributed by atoms with Crippen molar-refractivity contribution in [3.8, 4) is 11.8 Å². The van der Waals surface area contributed by atoms with Crippen LogP contribution in [0.4, 0.5) is 13.2 Å². The van der Waals surface area contributed by atoms with E-state index in [1.807, 2.05) is 18.2 Å². The maximum Gasteiger partial charge on any atom is 0.406 e. The zero-order chi connectivity index (χ0) is 15.5. The van der Waals surface area contributed by atoms with Gasteiger partial charge >= 0.3 is 12.1 Å². The maximum atomic E-state index is 13.0. The average Bonchev–Trinajstić information content (AvgIpc) is 2.85. The van der Waals surface area contributed by atoms with Crippen molar-refractivity contribution in [2.45, 2.75) is 12.6 Å². The molecule has 3 nitrogen and oxygen atoms in total. The minimum atomic E-state index is -4.75. The van der Waals surface area contributed by atoms with Crippen molar-refractivity contribution in [3.05, 3.63) is 35.9 Å². The minimum absolute atomic E-state index is 0.0787. The summed E-state index contributed by atoms with van der Waals surface area (Å²) in [6, 6.07) is 9.08. The summed E-state index contributed by atoms with van der Waals surface area (Å²) in [5, 5.41) is 8.94. The van der Waals surface area contributed by atoms with Crippen molar-refractivity contribution in [1.82, 2.24) is 4.90 Å². The number of aliphatic carboxylic acids is 1. The molecule has 1 unspecified atom stereocenters. The smallest absolute Gasteiger partial charge is 0.406 e. The zero-order valence-electron chi connectivity index (χ0n) is 11.2. The molecule has 1 aliphatic rings. The summed E-state index contributed by atoms with van der Waals surface area (Å²) in [6.07, 6.45) is -5.18. The molecular formula is C15H14F3NO2. The molecule has 21 heavy (non-hydrogen) atoms. The Morgan fingerprint density at radius 3 is 2.52 bits per heavy atom. The molecule has 0 saturated carbocycles. The van der Waals surface area contributed by atoms with Crippen LogP contribution < -0.4 is 0 Å². The Kier molecular flexibility index (Phi) is 4.24. The summed E-state index contributed by atoms with van der Waals surface area (Å²) in [5.74, 6) is 3.82. The molecule has 0 aliphatic carbocycles. The number of hydrogen-bond donors (Lipinski definition) is 1. The van der Waals surface area contributed by atoms with E-state index in [1.54, 1.807) is 12.1 Å². The monoisotopic (exact) mass is 297 g/mol. The third-order valence-electron chi connectivity index (χ3n) is 3.61. The predicted molar refractivity (Wildman–Crippen MR) is 70.5 cm³/mol. The molecule has 0 radical (unpaired) electrons. The van der Waals surface area contributed by atoms with E-state index in [9.17, 15) is 18.0 Å². The summed E-state index contributed by atoms with van der Waals surface area (Å²) >= 11 is 0. The molecule has 1 saturated heterocycles. The summed E-state index contributed by atoms with van der Waals surface area (Å²) < 4.78 is 39.0. The van der Waals surface area contributed by atoms with Crippen LogP contribution in [0.1, 0.15) is 12.0 Å². The van der Waals surface area contributed by atoms with Gasteiger partial charge in [-0.3, -0.25) is 9.69 Å². The number of carbonyl (C=O) groups is 1. The quantitative estimate of drug-likeness (QED) is 0.852. The first-order valence-corrected chi connectivity index (χ1v) is 6.41. The zero-order valence-corrected chi connectivity index (χ0v) is 11.2. The highest BCUT2D eigenvalue weighted by Crippen LogP contribution is 2.45. The Hall–Kier alpha value is -2.00. The molecule has 1 N–H and O–H groups in total. The predicted octanol–water partition coefficient (Wildman–Crippen LogP) is 2.38. The first-order chi connectivity index (χ1) is 9.85. The molecule has 1 aromatic carbocycles. The highest BCUT2D eigenvalue weighted by molar-refractivity contribution is 5.76. The third kappa shape index (κ3) is 3.19. The number of rotatable bonds is 2. The lowest BCUT2D eigenvalue weighted by atomic mass is 9.86. The fraction of sp³-hybridized carbons (Fsp3) is 0.400. The topological polar surface area (TPSA) is 40.5 Å². The number of alkyl halides is 3. The van der Waals surface area contributed by atoms with Gasteiger partial charge in [0.2, 0.25) is 0 Å². The van der Waals surface area contributed by atoms with E-state index in [2.05, 4.69) is 11.8 Å². The van der Waals surface area contributed by atoms with Crippen LogP contribution in [0.2, 0.25) is 0 Å². The highest BCUT2D eigenvalue weighted by Gasteiger charge is 2.63. The Labute approximate surface area is 120 Å². The second-order valence-corrected chi connectivity index (χ2v) is 5.01. The molecule has 0 spiro atoms. The molecule has 1 aliphatic heterocycles.